The topological polar surface area (TPSA) is 29.1 Å². The number of aryl methyl sites for hydroxylation is 1. The van der Waals surface area contributed by atoms with E-state index < -0.39 is 0 Å². The number of nitrogens with one attached hydrogen (secondary N) is 1. The van der Waals surface area contributed by atoms with Gasteiger partial charge in [0.1, 0.15) is 0 Å². The van der Waals surface area contributed by atoms with Crippen LogP contribution in [0.5, 0.6) is 0 Å². The van der Waals surface area contributed by atoms with Crippen molar-refractivity contribution in [1.82, 2.24) is 0 Å². The first-order chi connectivity index (χ1) is 6.54. The molecule has 0 unspecified atom stereocenters. The third-order valence-corrected chi connectivity index (χ3v) is 3.22. The Morgan fingerprint density at radius 3 is 2.79 bits per heavy atom. The maximum absolute atomic E-state index is 11.1. The molecule has 0 fully saturated rings. The Morgan fingerprint density at radius 1 is 1.57 bits per heavy atom. The van der Waals surface area contributed by atoms with Crippen LogP contribution in [0.2, 0.25) is 5.02 Å². The fraction of sp³-hybridized carbons (Fsp3) is 0.222. The van der Waals surface area contributed by atoms with E-state index in [1.54, 1.807) is 6.07 Å². The van der Waals surface area contributed by atoms with Crippen molar-refractivity contribution in [2.45, 2.75) is 6.92 Å². The summed E-state index contributed by atoms with van der Waals surface area (Å²) in [6.45, 7) is 1.91. The molecule has 1 amide bonds. The van der Waals surface area contributed by atoms with Crippen LogP contribution in [-0.4, -0.2) is 11.2 Å². The lowest BCUT2D eigenvalue weighted by Gasteiger charge is -2.08. The molecule has 0 aliphatic rings. The van der Waals surface area contributed by atoms with Crippen LogP contribution in [0, 0.1) is 6.92 Å². The Kier molecular flexibility index (Phi) is 4.41. The van der Waals surface area contributed by atoms with Gasteiger partial charge in [-0.3, -0.25) is 4.79 Å². The fourth-order valence-corrected chi connectivity index (χ4v) is 1.79. The summed E-state index contributed by atoms with van der Waals surface area (Å²) in [5.74, 6) is -0.106. The zero-order valence-electron chi connectivity index (χ0n) is 7.40. The molecule has 1 N–H and O–H groups in total. The summed E-state index contributed by atoms with van der Waals surface area (Å²) in [6, 6.07) is 3.59. The van der Waals surface area contributed by atoms with Gasteiger partial charge in [0, 0.05) is 9.50 Å². The zero-order chi connectivity index (χ0) is 10.7. The van der Waals surface area contributed by atoms with Gasteiger partial charge in [0.25, 0.3) is 0 Å². The Morgan fingerprint density at radius 2 is 2.21 bits per heavy atom. The van der Waals surface area contributed by atoms with Crippen molar-refractivity contribution in [3.05, 3.63) is 27.2 Å². The Hall–Kier alpha value is -0.0600. The highest BCUT2D eigenvalue weighted by atomic mass is 79.9. The quantitative estimate of drug-likeness (QED) is 0.816. The predicted octanol–water partition coefficient (Wildman–Crippen LogP) is 3.74. The molecule has 1 aromatic carbocycles. The summed E-state index contributed by atoms with van der Waals surface area (Å²) in [4.78, 5) is 11.1. The van der Waals surface area contributed by atoms with E-state index in [1.807, 2.05) is 13.0 Å². The highest BCUT2D eigenvalue weighted by Gasteiger charge is 2.06. The Bertz CT molecular complexity index is 368. The molecular weight excluding hydrogens is 333 g/mol. The normalized spacial score (nSPS) is 10.0. The van der Waals surface area contributed by atoms with E-state index in [0.717, 1.165) is 10.0 Å². The second-order valence-electron chi connectivity index (χ2n) is 2.76. The molecule has 1 rings (SSSR count). The first kappa shape index (κ1) is 12.0. The number of anilines is 1. The Balaban J connectivity index is 2.98. The lowest BCUT2D eigenvalue weighted by Crippen LogP contribution is -2.12. The van der Waals surface area contributed by atoms with E-state index in [-0.39, 0.29) is 11.2 Å². The number of hydrogen-bond donors (Lipinski definition) is 1. The van der Waals surface area contributed by atoms with Gasteiger partial charge in [-0.05, 0) is 40.5 Å². The highest BCUT2D eigenvalue weighted by Crippen LogP contribution is 2.29. The van der Waals surface area contributed by atoms with Crippen LogP contribution in [0.1, 0.15) is 5.56 Å². The summed E-state index contributed by atoms with van der Waals surface area (Å²) in [6.07, 6.45) is 0. The SMILES string of the molecule is Cc1cc(Br)c(NC(=O)CBr)cc1Cl. The molecular formula is C9H8Br2ClNO. The number of amides is 1. The molecule has 0 spiro atoms. The van der Waals surface area contributed by atoms with Gasteiger partial charge >= 0.3 is 0 Å². The molecule has 5 heteroatoms. The maximum atomic E-state index is 11.1. The number of benzene rings is 1. The van der Waals surface area contributed by atoms with E-state index in [0.29, 0.717) is 10.7 Å². The fourth-order valence-electron chi connectivity index (χ4n) is 0.926. The molecule has 0 saturated heterocycles. The van der Waals surface area contributed by atoms with Crippen molar-refractivity contribution in [1.29, 1.82) is 0 Å². The van der Waals surface area contributed by atoms with Gasteiger partial charge in [-0.2, -0.15) is 0 Å². The second-order valence-corrected chi connectivity index (χ2v) is 4.59. The molecule has 0 heterocycles. The molecule has 0 aliphatic heterocycles. The van der Waals surface area contributed by atoms with Gasteiger partial charge in [0.2, 0.25) is 5.91 Å². The van der Waals surface area contributed by atoms with Gasteiger partial charge in [0.15, 0.2) is 0 Å². The van der Waals surface area contributed by atoms with Crippen molar-refractivity contribution < 1.29 is 4.79 Å². The first-order valence-electron chi connectivity index (χ1n) is 3.86. The molecule has 0 atom stereocenters. The van der Waals surface area contributed by atoms with Crippen LogP contribution in [0.4, 0.5) is 5.69 Å². The summed E-state index contributed by atoms with van der Waals surface area (Å²) < 4.78 is 0.828. The third kappa shape index (κ3) is 2.97. The average Bonchev–Trinajstić information content (AvgIpc) is 2.14. The molecule has 76 valence electrons. The summed E-state index contributed by atoms with van der Waals surface area (Å²) >= 11 is 12.3. The predicted molar refractivity (Wildman–Crippen MR) is 66.3 cm³/mol. The monoisotopic (exact) mass is 339 g/mol. The summed E-state index contributed by atoms with van der Waals surface area (Å²) in [5.41, 5.74) is 1.65. The van der Waals surface area contributed by atoms with Crippen molar-refractivity contribution in [2.24, 2.45) is 0 Å². The molecule has 1 aromatic rings. The molecule has 0 aliphatic carbocycles. The van der Waals surface area contributed by atoms with Crippen molar-refractivity contribution in [2.75, 3.05) is 10.6 Å². The molecule has 0 bridgehead atoms. The third-order valence-electron chi connectivity index (χ3n) is 1.64. The van der Waals surface area contributed by atoms with Gasteiger partial charge in [0.05, 0.1) is 11.0 Å². The molecule has 0 aromatic heterocycles. The minimum atomic E-state index is -0.106. The van der Waals surface area contributed by atoms with Gasteiger partial charge in [-0.1, -0.05) is 27.5 Å². The molecule has 2 nitrogen and oxygen atoms in total. The second kappa shape index (κ2) is 5.14. The number of rotatable bonds is 2. The number of carbonyl (C=O) groups excluding carboxylic acids is 1. The smallest absolute Gasteiger partial charge is 0.235 e. The largest absolute Gasteiger partial charge is 0.324 e. The van der Waals surface area contributed by atoms with E-state index in [2.05, 4.69) is 37.2 Å². The summed E-state index contributed by atoms with van der Waals surface area (Å²) in [7, 11) is 0. The van der Waals surface area contributed by atoms with E-state index >= 15 is 0 Å². The standard InChI is InChI=1S/C9H8Br2ClNO/c1-5-2-6(11)8(3-7(5)12)13-9(14)4-10/h2-3H,4H2,1H3,(H,13,14). The molecule has 14 heavy (non-hydrogen) atoms. The average molecular weight is 341 g/mol. The lowest BCUT2D eigenvalue weighted by molar-refractivity contribution is -0.113. The lowest BCUT2D eigenvalue weighted by atomic mass is 10.2. The van der Waals surface area contributed by atoms with E-state index in [1.165, 1.54) is 0 Å². The number of hydrogen-bond acceptors (Lipinski definition) is 1. The van der Waals surface area contributed by atoms with Crippen LogP contribution < -0.4 is 5.32 Å². The minimum Gasteiger partial charge on any atom is -0.324 e. The zero-order valence-corrected chi connectivity index (χ0v) is 11.3. The Labute approximate surface area is 104 Å². The van der Waals surface area contributed by atoms with Crippen molar-refractivity contribution in [3.63, 3.8) is 0 Å². The number of carbonyl (C=O) groups is 1. The highest BCUT2D eigenvalue weighted by molar-refractivity contribution is 9.10. The van der Waals surface area contributed by atoms with Crippen molar-refractivity contribution in [3.8, 4) is 0 Å². The summed E-state index contributed by atoms with van der Waals surface area (Å²) in [5, 5.41) is 3.62. The minimum absolute atomic E-state index is 0.106. The van der Waals surface area contributed by atoms with Crippen molar-refractivity contribution >= 4 is 55.1 Å². The van der Waals surface area contributed by atoms with Gasteiger partial charge in [-0.15, -0.1) is 0 Å². The van der Waals surface area contributed by atoms with Gasteiger partial charge < -0.3 is 5.32 Å². The van der Waals surface area contributed by atoms with Gasteiger partial charge in [-0.25, -0.2) is 0 Å². The number of halogens is 3. The maximum Gasteiger partial charge on any atom is 0.235 e. The van der Waals surface area contributed by atoms with E-state index in [4.69, 9.17) is 11.6 Å². The first-order valence-corrected chi connectivity index (χ1v) is 6.15. The number of alkyl halides is 1. The van der Waals surface area contributed by atoms with Crippen LogP contribution in [0.25, 0.3) is 0 Å². The van der Waals surface area contributed by atoms with Crippen LogP contribution >= 0.6 is 43.5 Å². The van der Waals surface area contributed by atoms with Crippen LogP contribution in [0.3, 0.4) is 0 Å². The molecule has 0 radical (unpaired) electrons. The van der Waals surface area contributed by atoms with E-state index in [9.17, 15) is 4.79 Å². The molecule has 0 saturated carbocycles. The van der Waals surface area contributed by atoms with Crippen LogP contribution in [-0.2, 0) is 4.79 Å². The van der Waals surface area contributed by atoms with Crippen LogP contribution in [0.15, 0.2) is 16.6 Å².